The van der Waals surface area contributed by atoms with E-state index in [2.05, 4.69) is 34.0 Å². The van der Waals surface area contributed by atoms with E-state index in [-0.39, 0.29) is 11.6 Å². The van der Waals surface area contributed by atoms with Gasteiger partial charge in [0.1, 0.15) is 11.5 Å². The maximum Gasteiger partial charge on any atom is 0.272 e. The Balaban J connectivity index is 1.63. The number of hydrogen-bond donors (Lipinski definition) is 1. The molecule has 1 saturated heterocycles. The Bertz CT molecular complexity index is 907. The SMILES string of the molecule is CCc1ccc([C@@H]2CCCCCN2Cc2cc(=O)n3[nH]ccc3n2)o1. The van der Waals surface area contributed by atoms with Gasteiger partial charge in [-0.1, -0.05) is 19.8 Å². The molecule has 132 valence electrons. The molecule has 0 aromatic carbocycles. The summed E-state index contributed by atoms with van der Waals surface area (Å²) in [7, 11) is 0. The number of fused-ring (bicyclic) bond motifs is 1. The van der Waals surface area contributed by atoms with Gasteiger partial charge < -0.3 is 4.42 Å². The third-order valence-corrected chi connectivity index (χ3v) is 5.02. The van der Waals surface area contributed by atoms with Crippen molar-refractivity contribution in [3.8, 4) is 0 Å². The maximum atomic E-state index is 12.2. The van der Waals surface area contributed by atoms with Crippen LogP contribution in [0.1, 0.15) is 55.9 Å². The molecule has 0 unspecified atom stereocenters. The Morgan fingerprint density at radius 3 is 3.04 bits per heavy atom. The van der Waals surface area contributed by atoms with E-state index < -0.39 is 0 Å². The predicted octanol–water partition coefficient (Wildman–Crippen LogP) is 3.30. The number of rotatable bonds is 4. The Morgan fingerprint density at radius 2 is 2.20 bits per heavy atom. The summed E-state index contributed by atoms with van der Waals surface area (Å²) in [4.78, 5) is 19.3. The highest BCUT2D eigenvalue weighted by atomic mass is 16.3. The van der Waals surface area contributed by atoms with Crippen LogP contribution < -0.4 is 5.56 Å². The number of nitrogens with zero attached hydrogens (tertiary/aromatic N) is 3. The molecule has 0 aliphatic carbocycles. The average molecular weight is 340 g/mol. The van der Waals surface area contributed by atoms with Crippen molar-refractivity contribution in [1.29, 1.82) is 0 Å². The number of H-pyrrole nitrogens is 1. The molecule has 0 saturated carbocycles. The molecule has 3 aromatic heterocycles. The van der Waals surface area contributed by atoms with Gasteiger partial charge in [-0.05, 0) is 31.5 Å². The van der Waals surface area contributed by atoms with Crippen molar-refractivity contribution < 1.29 is 4.42 Å². The average Bonchev–Trinajstić information content (AvgIpc) is 3.21. The highest BCUT2D eigenvalue weighted by molar-refractivity contribution is 5.36. The Hall–Kier alpha value is -2.34. The lowest BCUT2D eigenvalue weighted by Crippen LogP contribution is -2.29. The van der Waals surface area contributed by atoms with Gasteiger partial charge in [0.05, 0.1) is 11.7 Å². The molecule has 0 bridgehead atoms. The monoisotopic (exact) mass is 340 g/mol. The highest BCUT2D eigenvalue weighted by Crippen LogP contribution is 2.32. The molecule has 1 aliphatic rings. The van der Waals surface area contributed by atoms with Gasteiger partial charge in [-0.25, -0.2) is 9.50 Å². The van der Waals surface area contributed by atoms with Gasteiger partial charge in [0, 0.05) is 31.3 Å². The predicted molar refractivity (Wildman–Crippen MR) is 95.5 cm³/mol. The fraction of sp³-hybridized carbons (Fsp3) is 0.474. The van der Waals surface area contributed by atoms with Crippen LogP contribution in [-0.4, -0.2) is 26.0 Å². The molecule has 1 atom stereocenters. The molecule has 6 heteroatoms. The number of aromatic amines is 1. The minimum atomic E-state index is -0.0670. The molecule has 4 heterocycles. The summed E-state index contributed by atoms with van der Waals surface area (Å²) >= 11 is 0. The summed E-state index contributed by atoms with van der Waals surface area (Å²) in [5.41, 5.74) is 1.42. The van der Waals surface area contributed by atoms with Crippen LogP contribution in [0.4, 0.5) is 0 Å². The van der Waals surface area contributed by atoms with Crippen LogP contribution >= 0.6 is 0 Å². The van der Waals surface area contributed by atoms with Crippen LogP contribution in [0.5, 0.6) is 0 Å². The Labute approximate surface area is 146 Å². The van der Waals surface area contributed by atoms with E-state index in [0.717, 1.165) is 36.6 Å². The van der Waals surface area contributed by atoms with Crippen molar-refractivity contribution in [2.45, 2.75) is 51.6 Å². The van der Waals surface area contributed by atoms with Gasteiger partial charge in [-0.3, -0.25) is 14.8 Å². The second-order valence-corrected chi connectivity index (χ2v) is 6.73. The number of aryl methyl sites for hydroxylation is 1. The van der Waals surface area contributed by atoms with Gasteiger partial charge in [0.2, 0.25) is 0 Å². The minimum absolute atomic E-state index is 0.0670. The topological polar surface area (TPSA) is 66.5 Å². The third kappa shape index (κ3) is 3.26. The van der Waals surface area contributed by atoms with Crippen LogP contribution in [0, 0.1) is 0 Å². The van der Waals surface area contributed by atoms with Gasteiger partial charge >= 0.3 is 0 Å². The summed E-state index contributed by atoms with van der Waals surface area (Å²) in [6.07, 6.45) is 7.34. The standard InChI is InChI=1S/C19H24N4O2/c1-2-15-7-8-17(25-15)16-6-4-3-5-11-22(16)13-14-12-19(24)23-18(21-14)9-10-20-23/h7-10,12,16,20H,2-6,11,13H2,1H3/t16-/m0/s1. The molecule has 0 radical (unpaired) electrons. The molecule has 1 N–H and O–H groups in total. The number of aromatic nitrogens is 3. The summed E-state index contributed by atoms with van der Waals surface area (Å²) in [6, 6.07) is 7.90. The molecule has 0 spiro atoms. The van der Waals surface area contributed by atoms with E-state index in [0.29, 0.717) is 12.2 Å². The zero-order valence-corrected chi connectivity index (χ0v) is 14.6. The number of hydrogen-bond acceptors (Lipinski definition) is 4. The van der Waals surface area contributed by atoms with Crippen LogP contribution in [-0.2, 0) is 13.0 Å². The molecule has 0 amide bonds. The maximum absolute atomic E-state index is 12.2. The summed E-state index contributed by atoms with van der Waals surface area (Å²) in [5, 5.41) is 2.89. The Kier molecular flexibility index (Phi) is 4.44. The number of nitrogens with one attached hydrogen (secondary N) is 1. The van der Waals surface area contributed by atoms with Crippen LogP contribution in [0.15, 0.2) is 39.7 Å². The Morgan fingerprint density at radius 1 is 1.28 bits per heavy atom. The van der Waals surface area contributed by atoms with Crippen molar-refractivity contribution in [3.05, 3.63) is 58.0 Å². The van der Waals surface area contributed by atoms with E-state index in [1.807, 2.05) is 6.07 Å². The first-order chi connectivity index (χ1) is 12.2. The molecule has 6 nitrogen and oxygen atoms in total. The fourth-order valence-corrected chi connectivity index (χ4v) is 3.71. The van der Waals surface area contributed by atoms with Crippen LogP contribution in [0.25, 0.3) is 5.65 Å². The van der Waals surface area contributed by atoms with Gasteiger partial charge in [0.15, 0.2) is 5.65 Å². The first kappa shape index (κ1) is 16.1. The fourth-order valence-electron chi connectivity index (χ4n) is 3.71. The zero-order valence-electron chi connectivity index (χ0n) is 14.6. The first-order valence-corrected chi connectivity index (χ1v) is 9.13. The second-order valence-electron chi connectivity index (χ2n) is 6.73. The molecule has 3 aromatic rings. The third-order valence-electron chi connectivity index (χ3n) is 5.02. The minimum Gasteiger partial charge on any atom is -0.464 e. The van der Waals surface area contributed by atoms with Crippen LogP contribution in [0.2, 0.25) is 0 Å². The van der Waals surface area contributed by atoms with E-state index in [1.165, 1.54) is 23.8 Å². The van der Waals surface area contributed by atoms with Crippen molar-refractivity contribution in [3.63, 3.8) is 0 Å². The smallest absolute Gasteiger partial charge is 0.272 e. The van der Waals surface area contributed by atoms with E-state index in [4.69, 9.17) is 4.42 Å². The van der Waals surface area contributed by atoms with Gasteiger partial charge in [0.25, 0.3) is 5.56 Å². The lowest BCUT2D eigenvalue weighted by atomic mass is 10.1. The van der Waals surface area contributed by atoms with Crippen LogP contribution in [0.3, 0.4) is 0 Å². The molecule has 4 rings (SSSR count). The molecule has 1 fully saturated rings. The molecule has 25 heavy (non-hydrogen) atoms. The van der Waals surface area contributed by atoms with Crippen molar-refractivity contribution >= 4 is 5.65 Å². The normalized spacial score (nSPS) is 19.3. The van der Waals surface area contributed by atoms with E-state index >= 15 is 0 Å². The van der Waals surface area contributed by atoms with E-state index in [9.17, 15) is 4.79 Å². The highest BCUT2D eigenvalue weighted by Gasteiger charge is 2.26. The molecule has 1 aliphatic heterocycles. The summed E-state index contributed by atoms with van der Waals surface area (Å²) in [6.45, 7) is 3.78. The number of furan rings is 1. The lowest BCUT2D eigenvalue weighted by molar-refractivity contribution is 0.166. The van der Waals surface area contributed by atoms with Gasteiger partial charge in [-0.2, -0.15) is 0 Å². The first-order valence-electron chi connectivity index (χ1n) is 9.13. The van der Waals surface area contributed by atoms with Crippen molar-refractivity contribution in [2.24, 2.45) is 0 Å². The summed E-state index contributed by atoms with van der Waals surface area (Å²) < 4.78 is 7.51. The van der Waals surface area contributed by atoms with Crippen molar-refractivity contribution in [2.75, 3.05) is 6.54 Å². The van der Waals surface area contributed by atoms with E-state index in [1.54, 1.807) is 12.3 Å². The largest absolute Gasteiger partial charge is 0.464 e. The molecular formula is C19H24N4O2. The lowest BCUT2D eigenvalue weighted by Gasteiger charge is -2.28. The molecular weight excluding hydrogens is 316 g/mol. The second kappa shape index (κ2) is 6.88. The zero-order chi connectivity index (χ0) is 17.2. The van der Waals surface area contributed by atoms with Crippen molar-refractivity contribution in [1.82, 2.24) is 19.5 Å². The quantitative estimate of drug-likeness (QED) is 0.791. The summed E-state index contributed by atoms with van der Waals surface area (Å²) in [5.74, 6) is 2.07. The van der Waals surface area contributed by atoms with Gasteiger partial charge in [-0.15, -0.1) is 0 Å². The number of likely N-dealkylation sites (tertiary alicyclic amines) is 1.